The van der Waals surface area contributed by atoms with Gasteiger partial charge in [-0.3, -0.25) is 0 Å². The summed E-state index contributed by atoms with van der Waals surface area (Å²) in [5.74, 6) is 1.42. The van der Waals surface area contributed by atoms with Gasteiger partial charge in [0.1, 0.15) is 5.82 Å². The Kier molecular flexibility index (Phi) is 3.09. The maximum absolute atomic E-state index is 9.58. The molecule has 0 aliphatic heterocycles. The molecule has 0 saturated heterocycles. The molecule has 0 spiro atoms. The van der Waals surface area contributed by atoms with Crippen LogP contribution >= 0.6 is 0 Å². The maximum atomic E-state index is 9.58. The number of hydrogen-bond donors (Lipinski definition) is 2. The highest BCUT2D eigenvalue weighted by Gasteiger charge is 2.07. The zero-order valence-electron chi connectivity index (χ0n) is 9.42. The average Bonchev–Trinajstić information content (AvgIpc) is 2.32. The molecule has 17 heavy (non-hydrogen) atoms. The predicted octanol–water partition coefficient (Wildman–Crippen LogP) is 1.83. The number of nitrogen functional groups attached to an aromatic ring is 1. The molecule has 5 heteroatoms. The number of nitrogens with zero attached hydrogens (tertiary/aromatic N) is 2. The molecule has 3 N–H and O–H groups in total. The number of phenols is 1. The van der Waals surface area contributed by atoms with Crippen LogP contribution in [0.4, 0.5) is 5.82 Å². The van der Waals surface area contributed by atoms with Crippen LogP contribution in [0.5, 0.6) is 11.5 Å². The fourth-order valence-corrected chi connectivity index (χ4v) is 1.44. The van der Waals surface area contributed by atoms with E-state index >= 15 is 0 Å². The first-order valence-corrected chi connectivity index (χ1v) is 5.25. The van der Waals surface area contributed by atoms with Gasteiger partial charge in [0, 0.05) is 11.8 Å². The van der Waals surface area contributed by atoms with E-state index in [2.05, 4.69) is 9.97 Å². The van der Waals surface area contributed by atoms with E-state index in [1.807, 2.05) is 6.92 Å². The molecular formula is C12H13N3O2. The van der Waals surface area contributed by atoms with E-state index in [1.54, 1.807) is 30.5 Å². The molecule has 0 saturated carbocycles. The Morgan fingerprint density at radius 2 is 2.18 bits per heavy atom. The van der Waals surface area contributed by atoms with Crippen LogP contribution in [0, 0.1) is 0 Å². The van der Waals surface area contributed by atoms with Crippen LogP contribution in [-0.4, -0.2) is 21.7 Å². The molecule has 88 valence electrons. The molecule has 1 heterocycles. The van der Waals surface area contributed by atoms with Gasteiger partial charge >= 0.3 is 0 Å². The van der Waals surface area contributed by atoms with Gasteiger partial charge in [0.2, 0.25) is 0 Å². The van der Waals surface area contributed by atoms with Crippen LogP contribution in [0.15, 0.2) is 30.5 Å². The Morgan fingerprint density at radius 1 is 1.35 bits per heavy atom. The first-order valence-electron chi connectivity index (χ1n) is 5.25. The molecule has 2 aromatic rings. The molecule has 1 aromatic carbocycles. The normalized spacial score (nSPS) is 10.2. The topological polar surface area (TPSA) is 81.3 Å². The van der Waals surface area contributed by atoms with Crippen molar-refractivity contribution in [3.8, 4) is 22.9 Å². The van der Waals surface area contributed by atoms with Gasteiger partial charge in [-0.1, -0.05) is 0 Å². The van der Waals surface area contributed by atoms with E-state index in [4.69, 9.17) is 10.5 Å². The molecule has 5 nitrogen and oxygen atoms in total. The van der Waals surface area contributed by atoms with Gasteiger partial charge in [-0.15, -0.1) is 0 Å². The number of benzene rings is 1. The zero-order chi connectivity index (χ0) is 12.3. The van der Waals surface area contributed by atoms with E-state index < -0.39 is 0 Å². The first-order chi connectivity index (χ1) is 8.20. The Morgan fingerprint density at radius 3 is 2.88 bits per heavy atom. The highest BCUT2D eigenvalue weighted by atomic mass is 16.5. The molecular weight excluding hydrogens is 218 g/mol. The van der Waals surface area contributed by atoms with Gasteiger partial charge in [0.05, 0.1) is 6.61 Å². The lowest BCUT2D eigenvalue weighted by atomic mass is 10.2. The highest BCUT2D eigenvalue weighted by molar-refractivity contribution is 5.61. The van der Waals surface area contributed by atoms with E-state index in [0.717, 1.165) is 5.56 Å². The molecule has 0 aliphatic carbocycles. The summed E-state index contributed by atoms with van der Waals surface area (Å²) < 4.78 is 5.29. The lowest BCUT2D eigenvalue weighted by molar-refractivity contribution is 0.318. The number of aromatic hydroxyl groups is 1. The number of rotatable bonds is 3. The number of nitrogens with two attached hydrogens (primary N) is 1. The van der Waals surface area contributed by atoms with Crippen LogP contribution in [0.3, 0.4) is 0 Å². The zero-order valence-corrected chi connectivity index (χ0v) is 9.42. The van der Waals surface area contributed by atoms with E-state index in [0.29, 0.717) is 24.0 Å². The Hall–Kier alpha value is -2.30. The van der Waals surface area contributed by atoms with Crippen LogP contribution in [-0.2, 0) is 0 Å². The lowest BCUT2D eigenvalue weighted by Gasteiger charge is -2.07. The molecule has 0 fully saturated rings. The highest BCUT2D eigenvalue weighted by Crippen LogP contribution is 2.30. The van der Waals surface area contributed by atoms with Gasteiger partial charge in [0.25, 0.3) is 0 Å². The van der Waals surface area contributed by atoms with Gasteiger partial charge in [-0.2, -0.15) is 0 Å². The van der Waals surface area contributed by atoms with Crippen LogP contribution < -0.4 is 10.5 Å². The molecule has 0 amide bonds. The molecule has 0 aliphatic rings. The maximum Gasteiger partial charge on any atom is 0.161 e. The summed E-state index contributed by atoms with van der Waals surface area (Å²) in [6, 6.07) is 6.57. The third kappa shape index (κ3) is 2.44. The molecule has 0 unspecified atom stereocenters. The quantitative estimate of drug-likeness (QED) is 0.842. The molecule has 0 radical (unpaired) electrons. The largest absolute Gasteiger partial charge is 0.504 e. The van der Waals surface area contributed by atoms with Crippen molar-refractivity contribution in [2.75, 3.05) is 12.3 Å². The summed E-state index contributed by atoms with van der Waals surface area (Å²) in [5, 5.41) is 9.58. The fraction of sp³-hybridized carbons (Fsp3) is 0.167. The summed E-state index contributed by atoms with van der Waals surface area (Å²) in [6.07, 6.45) is 1.59. The Balaban J connectivity index is 2.42. The third-order valence-corrected chi connectivity index (χ3v) is 2.19. The minimum Gasteiger partial charge on any atom is -0.504 e. The minimum atomic E-state index is 0.0968. The monoisotopic (exact) mass is 231 g/mol. The summed E-state index contributed by atoms with van der Waals surface area (Å²) in [7, 11) is 0. The number of ether oxygens (including phenoxy) is 1. The number of aromatic nitrogens is 2. The average molecular weight is 231 g/mol. The lowest BCUT2D eigenvalue weighted by Crippen LogP contribution is -1.96. The number of hydrogen-bond acceptors (Lipinski definition) is 5. The second kappa shape index (κ2) is 4.69. The van der Waals surface area contributed by atoms with E-state index in [9.17, 15) is 5.11 Å². The van der Waals surface area contributed by atoms with Crippen LogP contribution in [0.2, 0.25) is 0 Å². The molecule has 0 bridgehead atoms. The van der Waals surface area contributed by atoms with Crippen molar-refractivity contribution >= 4 is 5.82 Å². The van der Waals surface area contributed by atoms with Crippen molar-refractivity contribution in [1.82, 2.24) is 9.97 Å². The standard InChI is InChI=1S/C12H13N3O2/c1-2-17-10-7-8(3-4-9(10)16)12-14-6-5-11(13)15-12/h3-7,16H,2H2,1H3,(H2,13,14,15). The van der Waals surface area contributed by atoms with Gasteiger partial charge in [-0.25, -0.2) is 9.97 Å². The number of anilines is 1. The van der Waals surface area contributed by atoms with E-state index in [-0.39, 0.29) is 5.75 Å². The Labute approximate surface area is 98.9 Å². The summed E-state index contributed by atoms with van der Waals surface area (Å²) in [5.41, 5.74) is 6.34. The van der Waals surface area contributed by atoms with Crippen molar-refractivity contribution in [1.29, 1.82) is 0 Å². The second-order valence-corrected chi connectivity index (χ2v) is 3.42. The molecule has 0 atom stereocenters. The minimum absolute atomic E-state index is 0.0968. The smallest absolute Gasteiger partial charge is 0.161 e. The van der Waals surface area contributed by atoms with E-state index in [1.165, 1.54) is 0 Å². The summed E-state index contributed by atoms with van der Waals surface area (Å²) in [6.45, 7) is 2.33. The van der Waals surface area contributed by atoms with Crippen LogP contribution in [0.1, 0.15) is 6.92 Å². The van der Waals surface area contributed by atoms with Gasteiger partial charge in [0.15, 0.2) is 17.3 Å². The third-order valence-electron chi connectivity index (χ3n) is 2.19. The van der Waals surface area contributed by atoms with Gasteiger partial charge < -0.3 is 15.6 Å². The van der Waals surface area contributed by atoms with Crippen LogP contribution in [0.25, 0.3) is 11.4 Å². The first kappa shape index (κ1) is 11.2. The Bertz CT molecular complexity index is 529. The van der Waals surface area contributed by atoms with Crippen molar-refractivity contribution in [2.24, 2.45) is 0 Å². The van der Waals surface area contributed by atoms with Crippen molar-refractivity contribution in [3.05, 3.63) is 30.5 Å². The second-order valence-electron chi connectivity index (χ2n) is 3.42. The fourth-order valence-electron chi connectivity index (χ4n) is 1.44. The van der Waals surface area contributed by atoms with Crippen molar-refractivity contribution < 1.29 is 9.84 Å². The molecule has 1 aromatic heterocycles. The number of phenolic OH excluding ortho intramolecular Hbond substituents is 1. The van der Waals surface area contributed by atoms with Crippen molar-refractivity contribution in [3.63, 3.8) is 0 Å². The summed E-state index contributed by atoms with van der Waals surface area (Å²) >= 11 is 0. The molecule has 2 rings (SSSR count). The predicted molar refractivity (Wildman–Crippen MR) is 64.7 cm³/mol. The SMILES string of the molecule is CCOc1cc(-c2nccc(N)n2)ccc1O. The van der Waals surface area contributed by atoms with Crippen molar-refractivity contribution in [2.45, 2.75) is 6.92 Å². The summed E-state index contributed by atoms with van der Waals surface area (Å²) in [4.78, 5) is 8.22. The van der Waals surface area contributed by atoms with Gasteiger partial charge in [-0.05, 0) is 31.2 Å².